The lowest BCUT2D eigenvalue weighted by Gasteiger charge is -2.36. The fourth-order valence-corrected chi connectivity index (χ4v) is 6.46. The topological polar surface area (TPSA) is 240 Å². The Bertz CT molecular complexity index is 1310. The summed E-state index contributed by atoms with van der Waals surface area (Å²) in [7, 11) is 0. The number of carbonyl (C=O) groups excluding carboxylic acids is 5. The second-order valence-corrected chi connectivity index (χ2v) is 12.2. The molecular formula is C28H28I2N3O12-5. The molecule has 1 unspecified atom stereocenters. The van der Waals surface area contributed by atoms with Crippen LogP contribution >= 0.6 is 45.2 Å². The molecule has 0 spiro atoms. The highest BCUT2D eigenvalue weighted by atomic mass is 127. The molecule has 246 valence electrons. The zero-order valence-electron chi connectivity index (χ0n) is 23.9. The first kappa shape index (κ1) is 37.9. The highest BCUT2D eigenvalue weighted by Crippen LogP contribution is 2.34. The van der Waals surface area contributed by atoms with Gasteiger partial charge in [0.1, 0.15) is 11.5 Å². The Morgan fingerprint density at radius 2 is 1.20 bits per heavy atom. The predicted octanol–water partition coefficient (Wildman–Crippen LogP) is -4.73. The van der Waals surface area contributed by atoms with E-state index in [1.54, 1.807) is 31.2 Å². The van der Waals surface area contributed by atoms with Crippen LogP contribution in [-0.2, 0) is 30.4 Å². The lowest BCUT2D eigenvalue weighted by molar-refractivity contribution is -0.314. The summed E-state index contributed by atoms with van der Waals surface area (Å²) in [6, 6.07) is 6.67. The minimum absolute atomic E-state index is 0.102. The first-order valence-corrected chi connectivity index (χ1v) is 15.4. The van der Waals surface area contributed by atoms with Crippen molar-refractivity contribution in [1.29, 1.82) is 0 Å². The van der Waals surface area contributed by atoms with Gasteiger partial charge in [-0.05, 0) is 100.0 Å². The Balaban J connectivity index is 2.38. The van der Waals surface area contributed by atoms with Crippen LogP contribution in [0.1, 0.15) is 11.1 Å². The molecule has 0 aromatic heterocycles. The normalized spacial score (nSPS) is 12.0. The molecule has 2 aromatic rings. The van der Waals surface area contributed by atoms with Gasteiger partial charge in [-0.25, -0.2) is 0 Å². The number of ether oxygens (including phenoxy) is 1. The third kappa shape index (κ3) is 13.3. The molecule has 1 N–H and O–H groups in total. The quantitative estimate of drug-likeness (QED) is 0.123. The smallest absolute Gasteiger partial charge is 0.154 e. The van der Waals surface area contributed by atoms with Crippen LogP contribution in [0, 0.1) is 14.1 Å². The summed E-state index contributed by atoms with van der Waals surface area (Å²) in [5.41, 5.74) is 1.13. The van der Waals surface area contributed by atoms with Crippen molar-refractivity contribution in [1.82, 2.24) is 14.7 Å². The van der Waals surface area contributed by atoms with Crippen LogP contribution in [0.15, 0.2) is 30.3 Å². The average molecular weight is 852 g/mol. The van der Waals surface area contributed by atoms with E-state index in [-0.39, 0.29) is 38.3 Å². The second-order valence-electron chi connectivity index (χ2n) is 9.92. The Kier molecular flexibility index (Phi) is 15.2. The van der Waals surface area contributed by atoms with Crippen molar-refractivity contribution < 1.29 is 59.3 Å². The van der Waals surface area contributed by atoms with E-state index in [0.717, 1.165) is 9.80 Å². The first-order chi connectivity index (χ1) is 21.0. The van der Waals surface area contributed by atoms with E-state index < -0.39 is 62.1 Å². The molecule has 0 saturated carbocycles. The second kappa shape index (κ2) is 18.0. The first-order valence-electron chi connectivity index (χ1n) is 13.2. The maximum atomic E-state index is 12.4. The van der Waals surface area contributed by atoms with E-state index in [0.29, 0.717) is 29.8 Å². The van der Waals surface area contributed by atoms with Crippen LogP contribution in [0.3, 0.4) is 0 Å². The van der Waals surface area contributed by atoms with Crippen molar-refractivity contribution in [3.05, 3.63) is 48.6 Å². The Morgan fingerprint density at radius 3 is 1.58 bits per heavy atom. The van der Waals surface area contributed by atoms with Crippen molar-refractivity contribution in [3.63, 3.8) is 0 Å². The third-order valence-electron chi connectivity index (χ3n) is 6.41. The number of hydrogen-bond donors (Lipinski definition) is 1. The van der Waals surface area contributed by atoms with Crippen LogP contribution in [-0.4, -0.2) is 108 Å². The van der Waals surface area contributed by atoms with Gasteiger partial charge in [-0.3, -0.25) is 14.7 Å². The van der Waals surface area contributed by atoms with Gasteiger partial charge < -0.3 is 59.3 Å². The lowest BCUT2D eigenvalue weighted by atomic mass is 10.0. The zero-order valence-corrected chi connectivity index (χ0v) is 28.2. The van der Waals surface area contributed by atoms with Gasteiger partial charge in [0.2, 0.25) is 0 Å². The summed E-state index contributed by atoms with van der Waals surface area (Å²) in [6.45, 7) is -2.50. The summed E-state index contributed by atoms with van der Waals surface area (Å²) in [5, 5.41) is 66.8. The molecule has 0 aliphatic heterocycles. The fraction of sp³-hybridized carbons (Fsp3) is 0.393. The standard InChI is InChI=1S/C28H33I2N3O12/c1-16-8-18(2-3-22(16)34)45-27-19(29)9-17(10-20(27)30)11-21(28(43)44)33(6-4-31(12-23(35)36)13-24(37)38)7-5-32(14-25(39)40)15-26(41)42/h2-3,8-10,21,34H,4-7,11-15H2,1H3,(H,35,36)(H,37,38)(H,39,40)(H,41,42)(H,43,44)/p-5. The minimum Gasteiger partial charge on any atom is -0.549 e. The maximum Gasteiger partial charge on any atom is 0.154 e. The Morgan fingerprint density at radius 1 is 0.756 bits per heavy atom. The number of nitrogens with zero attached hydrogens (tertiary/aromatic N) is 3. The van der Waals surface area contributed by atoms with E-state index in [4.69, 9.17) is 4.74 Å². The molecular weight excluding hydrogens is 824 g/mol. The number of hydrogen-bond acceptors (Lipinski definition) is 15. The molecule has 0 amide bonds. The van der Waals surface area contributed by atoms with Crippen molar-refractivity contribution in [3.8, 4) is 17.2 Å². The molecule has 0 radical (unpaired) electrons. The summed E-state index contributed by atoms with van der Waals surface area (Å²) >= 11 is 4.03. The number of aryl methyl sites for hydroxylation is 1. The monoisotopic (exact) mass is 852 g/mol. The maximum absolute atomic E-state index is 12.4. The van der Waals surface area contributed by atoms with Gasteiger partial charge in [0.15, 0.2) is 5.75 Å². The predicted molar refractivity (Wildman–Crippen MR) is 162 cm³/mol. The molecule has 0 saturated heterocycles. The van der Waals surface area contributed by atoms with E-state index in [1.165, 1.54) is 11.0 Å². The number of phenolic OH excluding ortho intramolecular Hbond substituents is 1. The van der Waals surface area contributed by atoms with Gasteiger partial charge in [-0.15, -0.1) is 0 Å². The van der Waals surface area contributed by atoms with Crippen LogP contribution in [0.25, 0.3) is 0 Å². The van der Waals surface area contributed by atoms with Crippen molar-refractivity contribution in [2.24, 2.45) is 0 Å². The van der Waals surface area contributed by atoms with Crippen LogP contribution < -0.4 is 30.3 Å². The van der Waals surface area contributed by atoms with E-state index >= 15 is 0 Å². The lowest BCUT2D eigenvalue weighted by Crippen LogP contribution is -2.55. The zero-order chi connectivity index (χ0) is 33.8. The molecule has 0 fully saturated rings. The van der Waals surface area contributed by atoms with Gasteiger partial charge in [0, 0.05) is 52.4 Å². The molecule has 0 aliphatic carbocycles. The number of carbonyl (C=O) groups is 5. The Hall–Kier alpha value is -3.27. The van der Waals surface area contributed by atoms with Crippen LogP contribution in [0.2, 0.25) is 0 Å². The van der Waals surface area contributed by atoms with Gasteiger partial charge in [-0.2, -0.15) is 0 Å². The largest absolute Gasteiger partial charge is 0.549 e. The number of halogens is 2. The number of phenols is 1. The highest BCUT2D eigenvalue weighted by Gasteiger charge is 2.24. The molecule has 17 heteroatoms. The molecule has 15 nitrogen and oxygen atoms in total. The van der Waals surface area contributed by atoms with E-state index in [9.17, 15) is 54.6 Å². The van der Waals surface area contributed by atoms with Crippen molar-refractivity contribution in [2.75, 3.05) is 52.4 Å². The number of carboxylic acid groups (broad SMARTS) is 5. The third-order valence-corrected chi connectivity index (χ3v) is 8.01. The van der Waals surface area contributed by atoms with E-state index in [2.05, 4.69) is 0 Å². The van der Waals surface area contributed by atoms with Gasteiger partial charge >= 0.3 is 0 Å². The van der Waals surface area contributed by atoms with Gasteiger partial charge in [0.25, 0.3) is 0 Å². The number of aliphatic carboxylic acids is 5. The number of carboxylic acids is 5. The van der Waals surface area contributed by atoms with Crippen molar-refractivity contribution in [2.45, 2.75) is 19.4 Å². The minimum atomic E-state index is -1.58. The molecule has 2 rings (SSSR count). The summed E-state index contributed by atoms with van der Waals surface area (Å²) in [5.74, 6) is -6.83. The summed E-state index contributed by atoms with van der Waals surface area (Å²) < 4.78 is 7.23. The molecule has 0 heterocycles. The van der Waals surface area contributed by atoms with Gasteiger partial charge in [-0.1, -0.05) is 0 Å². The molecule has 45 heavy (non-hydrogen) atoms. The molecule has 0 bridgehead atoms. The van der Waals surface area contributed by atoms with E-state index in [1.807, 2.05) is 45.2 Å². The SMILES string of the molecule is Cc1cc(Oc2c(I)cc(CC(C(=O)[O-])N(CCN(CC(=O)[O-])CC(=O)[O-])CCN(CC(=O)[O-])CC(=O)[O-])cc2I)ccc1O. The number of rotatable bonds is 20. The highest BCUT2D eigenvalue weighted by molar-refractivity contribution is 14.1. The molecule has 1 atom stereocenters. The van der Waals surface area contributed by atoms with Crippen LogP contribution in [0.5, 0.6) is 17.2 Å². The van der Waals surface area contributed by atoms with Crippen molar-refractivity contribution >= 4 is 75.0 Å². The van der Waals surface area contributed by atoms with Gasteiger partial charge in [0.05, 0.1) is 43.0 Å². The fourth-order valence-electron chi connectivity index (χ4n) is 4.34. The number of aromatic hydroxyl groups is 1. The molecule has 2 aromatic carbocycles. The molecule has 0 aliphatic rings. The number of benzene rings is 2. The van der Waals surface area contributed by atoms with Crippen LogP contribution in [0.4, 0.5) is 0 Å². The summed E-state index contributed by atoms with van der Waals surface area (Å²) in [4.78, 5) is 60.2. The average Bonchev–Trinajstić information content (AvgIpc) is 2.90. The Labute approximate surface area is 285 Å². The summed E-state index contributed by atoms with van der Waals surface area (Å²) in [6.07, 6.45) is -0.158.